The maximum absolute atomic E-state index is 13.6. The molecule has 1 saturated carbocycles. The molecule has 1 atom stereocenters. The van der Waals surface area contributed by atoms with E-state index in [1.54, 1.807) is 32.0 Å². The first kappa shape index (κ1) is 26.0. The lowest BCUT2D eigenvalue weighted by Gasteiger charge is -2.32. The van der Waals surface area contributed by atoms with Crippen LogP contribution in [0, 0.1) is 6.92 Å². The summed E-state index contributed by atoms with van der Waals surface area (Å²) in [5, 5.41) is 3.46. The fourth-order valence-electron chi connectivity index (χ4n) is 4.22. The Labute approximate surface area is 207 Å². The van der Waals surface area contributed by atoms with E-state index < -0.39 is 28.5 Å². The molecule has 1 N–H and O–H groups in total. The van der Waals surface area contributed by atoms with Crippen molar-refractivity contribution in [2.45, 2.75) is 58.2 Å². The number of rotatable bonds is 9. The van der Waals surface area contributed by atoms with E-state index in [9.17, 15) is 18.0 Å². The molecular formula is C25H32ClN3O4S. The Hall–Kier alpha value is -2.58. The van der Waals surface area contributed by atoms with Crippen molar-refractivity contribution in [2.75, 3.05) is 17.1 Å². The van der Waals surface area contributed by atoms with Gasteiger partial charge < -0.3 is 10.2 Å². The molecule has 1 aliphatic rings. The third-order valence-corrected chi connectivity index (χ3v) is 7.79. The summed E-state index contributed by atoms with van der Waals surface area (Å²) in [6.07, 6.45) is 5.07. The van der Waals surface area contributed by atoms with E-state index in [1.165, 1.54) is 4.90 Å². The minimum Gasteiger partial charge on any atom is -0.352 e. The summed E-state index contributed by atoms with van der Waals surface area (Å²) < 4.78 is 26.4. The number of nitrogens with one attached hydrogen (secondary N) is 1. The van der Waals surface area contributed by atoms with Crippen molar-refractivity contribution < 1.29 is 18.0 Å². The summed E-state index contributed by atoms with van der Waals surface area (Å²) in [4.78, 5) is 28.0. The number of halogens is 1. The molecule has 0 bridgehead atoms. The van der Waals surface area contributed by atoms with Crippen LogP contribution in [0.1, 0.15) is 43.7 Å². The first-order valence-corrected chi connectivity index (χ1v) is 13.7. The van der Waals surface area contributed by atoms with Crippen LogP contribution in [0.3, 0.4) is 0 Å². The average molecular weight is 506 g/mol. The van der Waals surface area contributed by atoms with Gasteiger partial charge in [-0.3, -0.25) is 13.9 Å². The lowest BCUT2D eigenvalue weighted by Crippen LogP contribution is -2.52. The standard InChI is InChI=1S/C25H32ClN3O4S/c1-18-22(26)14-9-15-23(18)29(34(3,32)33)17-24(30)28(16-20-10-5-4-6-11-20)19(2)25(31)27-21-12-7-8-13-21/h4-6,9-11,14-15,19,21H,7-8,12-13,16-17H2,1-3H3,(H,27,31)/t19-/m0/s1. The quantitative estimate of drug-likeness (QED) is 0.560. The molecule has 3 rings (SSSR count). The maximum Gasteiger partial charge on any atom is 0.244 e. The number of carbonyl (C=O) groups is 2. The maximum atomic E-state index is 13.6. The normalized spacial score (nSPS) is 15.1. The van der Waals surface area contributed by atoms with Gasteiger partial charge in [0.1, 0.15) is 12.6 Å². The Bertz CT molecular complexity index is 1120. The lowest BCUT2D eigenvalue weighted by molar-refractivity contribution is -0.139. The predicted octanol–water partition coefficient (Wildman–Crippen LogP) is 3.89. The van der Waals surface area contributed by atoms with Gasteiger partial charge in [-0.05, 0) is 49.9 Å². The number of anilines is 1. The molecule has 9 heteroatoms. The van der Waals surface area contributed by atoms with E-state index in [4.69, 9.17) is 11.6 Å². The van der Waals surface area contributed by atoms with Crippen LogP contribution in [0.4, 0.5) is 5.69 Å². The largest absolute Gasteiger partial charge is 0.352 e. The molecule has 0 radical (unpaired) electrons. The summed E-state index contributed by atoms with van der Waals surface area (Å²) in [7, 11) is -3.80. The van der Waals surface area contributed by atoms with Crippen LogP contribution >= 0.6 is 11.6 Å². The van der Waals surface area contributed by atoms with Crippen molar-refractivity contribution in [1.29, 1.82) is 0 Å². The molecule has 0 aliphatic heterocycles. The Morgan fingerprint density at radius 2 is 1.74 bits per heavy atom. The fraction of sp³-hybridized carbons (Fsp3) is 0.440. The Morgan fingerprint density at radius 1 is 1.09 bits per heavy atom. The summed E-state index contributed by atoms with van der Waals surface area (Å²) in [6.45, 7) is 3.14. The van der Waals surface area contributed by atoms with Gasteiger partial charge in [0, 0.05) is 17.6 Å². The van der Waals surface area contributed by atoms with Crippen molar-refractivity contribution in [1.82, 2.24) is 10.2 Å². The van der Waals surface area contributed by atoms with Gasteiger partial charge in [-0.15, -0.1) is 0 Å². The zero-order valence-electron chi connectivity index (χ0n) is 19.8. The van der Waals surface area contributed by atoms with Crippen LogP contribution in [-0.4, -0.2) is 50.0 Å². The number of benzene rings is 2. The number of amides is 2. The van der Waals surface area contributed by atoms with Gasteiger partial charge in [-0.2, -0.15) is 0 Å². The van der Waals surface area contributed by atoms with Gasteiger partial charge in [0.25, 0.3) is 0 Å². The molecule has 1 aliphatic carbocycles. The zero-order valence-corrected chi connectivity index (χ0v) is 21.4. The summed E-state index contributed by atoms with van der Waals surface area (Å²) >= 11 is 6.22. The Morgan fingerprint density at radius 3 is 2.35 bits per heavy atom. The lowest BCUT2D eigenvalue weighted by atomic mass is 10.1. The molecule has 2 amide bonds. The molecule has 34 heavy (non-hydrogen) atoms. The summed E-state index contributed by atoms with van der Waals surface area (Å²) in [5.41, 5.74) is 1.75. The topological polar surface area (TPSA) is 86.8 Å². The molecule has 2 aromatic rings. The molecule has 0 aromatic heterocycles. The predicted molar refractivity (Wildman–Crippen MR) is 135 cm³/mol. The number of carbonyl (C=O) groups excluding carboxylic acids is 2. The van der Waals surface area contributed by atoms with Crippen molar-refractivity contribution in [3.05, 3.63) is 64.7 Å². The number of hydrogen-bond acceptors (Lipinski definition) is 4. The van der Waals surface area contributed by atoms with Crippen molar-refractivity contribution in [2.24, 2.45) is 0 Å². The van der Waals surface area contributed by atoms with Crippen LogP contribution in [-0.2, 0) is 26.2 Å². The van der Waals surface area contributed by atoms with Gasteiger partial charge in [-0.25, -0.2) is 8.42 Å². The van der Waals surface area contributed by atoms with Crippen LogP contribution in [0.25, 0.3) is 0 Å². The third kappa shape index (κ3) is 6.51. The van der Waals surface area contributed by atoms with Crippen molar-refractivity contribution >= 4 is 39.1 Å². The third-order valence-electron chi connectivity index (χ3n) is 6.25. The highest BCUT2D eigenvalue weighted by Gasteiger charge is 2.31. The van der Waals surface area contributed by atoms with E-state index in [1.807, 2.05) is 30.3 Å². The van der Waals surface area contributed by atoms with E-state index in [0.717, 1.165) is 41.8 Å². The molecule has 0 unspecified atom stereocenters. The molecule has 184 valence electrons. The van der Waals surface area contributed by atoms with E-state index in [2.05, 4.69) is 5.32 Å². The molecular weight excluding hydrogens is 474 g/mol. The first-order valence-electron chi connectivity index (χ1n) is 11.4. The molecule has 0 spiro atoms. The monoisotopic (exact) mass is 505 g/mol. The van der Waals surface area contributed by atoms with Gasteiger partial charge in [0.05, 0.1) is 11.9 Å². The van der Waals surface area contributed by atoms with Gasteiger partial charge >= 0.3 is 0 Å². The number of nitrogens with zero attached hydrogens (tertiary/aromatic N) is 2. The van der Waals surface area contributed by atoms with Gasteiger partial charge in [0.2, 0.25) is 21.8 Å². The number of sulfonamides is 1. The fourth-order valence-corrected chi connectivity index (χ4v) is 5.29. The van der Waals surface area contributed by atoms with Crippen LogP contribution < -0.4 is 9.62 Å². The molecule has 2 aromatic carbocycles. The Balaban J connectivity index is 1.89. The van der Waals surface area contributed by atoms with Crippen LogP contribution in [0.15, 0.2) is 48.5 Å². The highest BCUT2D eigenvalue weighted by atomic mass is 35.5. The zero-order chi connectivity index (χ0) is 24.9. The number of hydrogen-bond donors (Lipinski definition) is 1. The first-order chi connectivity index (χ1) is 16.1. The highest BCUT2D eigenvalue weighted by Crippen LogP contribution is 2.28. The van der Waals surface area contributed by atoms with Crippen molar-refractivity contribution in [3.63, 3.8) is 0 Å². The highest BCUT2D eigenvalue weighted by molar-refractivity contribution is 7.92. The second kappa shape index (κ2) is 11.2. The smallest absolute Gasteiger partial charge is 0.244 e. The average Bonchev–Trinajstić information content (AvgIpc) is 3.30. The second-order valence-electron chi connectivity index (χ2n) is 8.83. The molecule has 0 heterocycles. The molecule has 1 fully saturated rings. The summed E-state index contributed by atoms with van der Waals surface area (Å²) in [6, 6.07) is 13.6. The minimum absolute atomic E-state index is 0.116. The van der Waals surface area contributed by atoms with Gasteiger partial charge in [-0.1, -0.05) is 60.8 Å². The van der Waals surface area contributed by atoms with Crippen LogP contribution in [0.2, 0.25) is 5.02 Å². The molecule has 0 saturated heterocycles. The molecule has 7 nitrogen and oxygen atoms in total. The van der Waals surface area contributed by atoms with E-state index in [-0.39, 0.29) is 18.5 Å². The van der Waals surface area contributed by atoms with Crippen LogP contribution in [0.5, 0.6) is 0 Å². The van der Waals surface area contributed by atoms with E-state index in [0.29, 0.717) is 16.3 Å². The van der Waals surface area contributed by atoms with Gasteiger partial charge in [0.15, 0.2) is 0 Å². The summed E-state index contributed by atoms with van der Waals surface area (Å²) in [5.74, 6) is -0.705. The second-order valence-corrected chi connectivity index (χ2v) is 11.1. The Kier molecular flexibility index (Phi) is 8.60. The van der Waals surface area contributed by atoms with E-state index >= 15 is 0 Å². The SMILES string of the molecule is Cc1c(Cl)cccc1N(CC(=O)N(Cc1ccccc1)[C@@H](C)C(=O)NC1CCCC1)S(C)(=O)=O. The van der Waals surface area contributed by atoms with Crippen molar-refractivity contribution in [3.8, 4) is 0 Å². The minimum atomic E-state index is -3.80.